The van der Waals surface area contributed by atoms with E-state index in [1.807, 2.05) is 12.1 Å². The number of carbonyl (C=O) groups excluding carboxylic acids is 3. The molecule has 0 saturated carbocycles. The molecule has 2 atom stereocenters. The average Bonchev–Trinajstić information content (AvgIpc) is 3.65. The zero-order valence-electron chi connectivity index (χ0n) is 24.8. The molecule has 0 radical (unpaired) electrons. The summed E-state index contributed by atoms with van der Waals surface area (Å²) in [5.41, 5.74) is 3.70. The Kier molecular flexibility index (Phi) is 7.53. The summed E-state index contributed by atoms with van der Waals surface area (Å²) in [7, 11) is 1.77. The quantitative estimate of drug-likeness (QED) is 0.294. The van der Waals surface area contributed by atoms with E-state index >= 15 is 4.39 Å². The van der Waals surface area contributed by atoms with Gasteiger partial charge in [0.1, 0.15) is 28.9 Å². The number of aromatic nitrogens is 3. The highest BCUT2D eigenvalue weighted by molar-refractivity contribution is 5.98. The van der Waals surface area contributed by atoms with Gasteiger partial charge in [-0.25, -0.2) is 4.39 Å². The van der Waals surface area contributed by atoms with Gasteiger partial charge in [-0.1, -0.05) is 30.3 Å². The predicted octanol–water partition coefficient (Wildman–Crippen LogP) is 3.49. The van der Waals surface area contributed by atoms with Gasteiger partial charge in [-0.15, -0.1) is 0 Å². The van der Waals surface area contributed by atoms with Crippen LogP contribution in [-0.4, -0.2) is 69.2 Å². The van der Waals surface area contributed by atoms with E-state index in [0.717, 1.165) is 5.56 Å². The lowest BCUT2D eigenvalue weighted by atomic mass is 10.0. The molecule has 1 saturated heterocycles. The zero-order chi connectivity index (χ0) is 31.8. The van der Waals surface area contributed by atoms with Crippen molar-refractivity contribution in [1.82, 2.24) is 30.3 Å². The number of benzene rings is 3. The van der Waals surface area contributed by atoms with E-state index in [9.17, 15) is 14.4 Å². The topological polar surface area (TPSA) is 128 Å². The van der Waals surface area contributed by atoms with Gasteiger partial charge in [-0.3, -0.25) is 24.0 Å². The first-order chi connectivity index (χ1) is 22.3. The summed E-state index contributed by atoms with van der Waals surface area (Å²) in [5, 5.41) is 9.96. The molecule has 232 valence electrons. The molecule has 46 heavy (non-hydrogen) atoms. The lowest BCUT2D eigenvalue weighted by Crippen LogP contribution is -2.45. The normalized spacial score (nSPS) is 18.3. The van der Waals surface area contributed by atoms with Crippen LogP contribution in [0.1, 0.15) is 26.3 Å². The minimum absolute atomic E-state index is 0.128. The maximum absolute atomic E-state index is 15.1. The highest BCUT2D eigenvalue weighted by Crippen LogP contribution is 2.27. The smallest absolute Gasteiger partial charge is 0.258 e. The second kappa shape index (κ2) is 12.0. The Morgan fingerprint density at radius 2 is 1.78 bits per heavy atom. The minimum atomic E-state index is -0.693. The van der Waals surface area contributed by atoms with Crippen LogP contribution in [0, 0.1) is 5.82 Å². The highest BCUT2D eigenvalue weighted by Gasteiger charge is 2.39. The van der Waals surface area contributed by atoms with E-state index < -0.39 is 23.9 Å². The summed E-state index contributed by atoms with van der Waals surface area (Å²) < 4.78 is 28.8. The Balaban J connectivity index is 1.21. The van der Waals surface area contributed by atoms with Gasteiger partial charge >= 0.3 is 0 Å². The number of ether oxygens (including phenoxy) is 2. The number of pyridine rings is 1. The molecule has 2 aromatic heterocycles. The van der Waals surface area contributed by atoms with E-state index in [1.54, 1.807) is 71.4 Å². The summed E-state index contributed by atoms with van der Waals surface area (Å²) in [6.45, 7) is 0.399. The fraction of sp³-hybridized carbons (Fsp3) is 0.206. The molecule has 5 heterocycles. The predicted molar refractivity (Wildman–Crippen MR) is 166 cm³/mol. The number of rotatable bonds is 1. The first kappa shape index (κ1) is 29.0. The molecule has 1 fully saturated rings. The number of fused-ring (bicyclic) bond motifs is 8. The van der Waals surface area contributed by atoms with Crippen LogP contribution in [-0.2, 0) is 18.4 Å². The fourth-order valence-corrected chi connectivity index (χ4v) is 5.67. The van der Waals surface area contributed by atoms with Gasteiger partial charge in [0.15, 0.2) is 6.61 Å². The number of hydrogen-bond acceptors (Lipinski definition) is 7. The number of halogens is 1. The number of amides is 3. The highest BCUT2D eigenvalue weighted by atomic mass is 19.1. The van der Waals surface area contributed by atoms with E-state index in [1.165, 1.54) is 18.3 Å². The SMILES string of the molecule is Cn1ncc2ncc(C(=O)N3C[C@@H]4NC(=O)c5cc(ccc5F)-c5cccc(c5)OCC(=O)NCc5ccc(cc5)O[C@H]4C3)cc21. The Morgan fingerprint density at radius 3 is 2.63 bits per heavy atom. The molecular formula is C34H29FN6O5. The van der Waals surface area contributed by atoms with Gasteiger partial charge in [0, 0.05) is 26.3 Å². The molecule has 11 nitrogen and oxygen atoms in total. The molecule has 0 spiro atoms. The van der Waals surface area contributed by atoms with E-state index in [-0.39, 0.29) is 37.1 Å². The van der Waals surface area contributed by atoms with Crippen molar-refractivity contribution in [2.45, 2.75) is 18.7 Å². The standard InChI is InChI=1S/C34H29FN6O5/c1-40-30-13-23(15-36-28(30)16-38-40)34(44)41-17-29-31(18-41)46-24-8-5-20(6-9-24)14-37-32(42)19-45-25-4-2-3-21(11-25)22-7-10-27(35)26(12-22)33(43)39-29/h2-13,15-16,29,31H,14,17-19H2,1H3,(H,37,42)(H,39,43)/t29-,31-/m0/s1. The fourth-order valence-electron chi connectivity index (χ4n) is 5.67. The molecule has 3 aromatic carbocycles. The van der Waals surface area contributed by atoms with Crippen molar-refractivity contribution < 1.29 is 28.2 Å². The second-order valence-corrected chi connectivity index (χ2v) is 11.3. The van der Waals surface area contributed by atoms with Gasteiger partial charge < -0.3 is 25.0 Å². The lowest BCUT2D eigenvalue weighted by Gasteiger charge is -2.21. The molecule has 2 N–H and O–H groups in total. The number of nitrogens with zero attached hydrogens (tertiary/aromatic N) is 4. The Morgan fingerprint density at radius 1 is 0.957 bits per heavy atom. The van der Waals surface area contributed by atoms with Crippen molar-refractivity contribution in [2.75, 3.05) is 19.7 Å². The third kappa shape index (κ3) is 5.84. The third-order valence-electron chi connectivity index (χ3n) is 8.16. The minimum Gasteiger partial charge on any atom is -0.486 e. The summed E-state index contributed by atoms with van der Waals surface area (Å²) >= 11 is 0. The average molecular weight is 621 g/mol. The second-order valence-electron chi connectivity index (χ2n) is 11.3. The monoisotopic (exact) mass is 620 g/mol. The summed E-state index contributed by atoms with van der Waals surface area (Å²) in [4.78, 5) is 45.7. The molecule has 6 bridgehead atoms. The molecule has 5 aromatic rings. The van der Waals surface area contributed by atoms with Crippen molar-refractivity contribution in [3.63, 3.8) is 0 Å². The summed E-state index contributed by atoms with van der Waals surface area (Å²) in [6, 6.07) is 19.5. The maximum Gasteiger partial charge on any atom is 0.258 e. The van der Waals surface area contributed by atoms with Crippen LogP contribution in [0.4, 0.5) is 4.39 Å². The first-order valence-electron chi connectivity index (χ1n) is 14.7. The molecule has 3 amide bonds. The first-order valence-corrected chi connectivity index (χ1v) is 14.7. The van der Waals surface area contributed by atoms with Crippen LogP contribution >= 0.6 is 0 Å². The van der Waals surface area contributed by atoms with Crippen molar-refractivity contribution >= 4 is 28.8 Å². The Labute approximate surface area is 262 Å². The van der Waals surface area contributed by atoms with E-state index in [2.05, 4.69) is 20.7 Å². The number of hydrogen-bond donors (Lipinski definition) is 2. The summed E-state index contributed by atoms with van der Waals surface area (Å²) in [6.07, 6.45) is 2.49. The van der Waals surface area contributed by atoms with Crippen LogP contribution in [0.25, 0.3) is 22.2 Å². The van der Waals surface area contributed by atoms with Crippen molar-refractivity contribution in [2.24, 2.45) is 7.05 Å². The Hall–Kier alpha value is -5.78. The van der Waals surface area contributed by atoms with Crippen molar-refractivity contribution in [1.29, 1.82) is 0 Å². The molecule has 8 rings (SSSR count). The number of nitrogens with one attached hydrogen (secondary N) is 2. The van der Waals surface area contributed by atoms with Gasteiger partial charge in [0.25, 0.3) is 17.7 Å². The molecule has 0 aliphatic carbocycles. The van der Waals surface area contributed by atoms with E-state index in [0.29, 0.717) is 45.8 Å². The van der Waals surface area contributed by atoms with E-state index in [4.69, 9.17) is 9.47 Å². The third-order valence-corrected chi connectivity index (χ3v) is 8.16. The molecule has 3 aliphatic heterocycles. The largest absolute Gasteiger partial charge is 0.486 e. The summed E-state index contributed by atoms with van der Waals surface area (Å²) in [5.74, 6) is -0.947. The molecule has 3 aliphatic rings. The maximum atomic E-state index is 15.1. The van der Waals surface area contributed by atoms with Crippen LogP contribution in [0.5, 0.6) is 11.5 Å². The van der Waals surface area contributed by atoms with Gasteiger partial charge in [0.2, 0.25) is 0 Å². The van der Waals surface area contributed by atoms with Crippen molar-refractivity contribution in [3.05, 3.63) is 108 Å². The zero-order valence-corrected chi connectivity index (χ0v) is 24.8. The molecule has 0 unspecified atom stereocenters. The van der Waals surface area contributed by atoms with Crippen LogP contribution in [0.2, 0.25) is 0 Å². The van der Waals surface area contributed by atoms with Crippen LogP contribution < -0.4 is 20.1 Å². The van der Waals surface area contributed by atoms with Gasteiger partial charge in [-0.2, -0.15) is 5.10 Å². The van der Waals surface area contributed by atoms with Crippen LogP contribution in [0.15, 0.2) is 85.2 Å². The Bertz CT molecular complexity index is 1980. The van der Waals surface area contributed by atoms with Crippen LogP contribution in [0.3, 0.4) is 0 Å². The number of aryl methyl sites for hydroxylation is 1. The molecular weight excluding hydrogens is 591 g/mol. The van der Waals surface area contributed by atoms with Gasteiger partial charge in [0.05, 0.1) is 35.4 Å². The number of likely N-dealkylation sites (tertiary alicyclic amines) is 1. The van der Waals surface area contributed by atoms with Gasteiger partial charge in [-0.05, 0) is 59.2 Å². The van der Waals surface area contributed by atoms with Crippen molar-refractivity contribution in [3.8, 4) is 22.6 Å². The number of carbonyl (C=O) groups is 3. The lowest BCUT2D eigenvalue weighted by molar-refractivity contribution is -0.123. The molecule has 12 heteroatoms.